The van der Waals surface area contributed by atoms with E-state index in [4.69, 9.17) is 14.7 Å². The zero-order chi connectivity index (χ0) is 45.2. The lowest BCUT2D eigenvalue weighted by atomic mass is 10.0. The summed E-state index contributed by atoms with van der Waals surface area (Å²) in [7, 11) is 0. The van der Waals surface area contributed by atoms with Crippen molar-refractivity contribution in [1.29, 1.82) is 0 Å². The van der Waals surface area contributed by atoms with Crippen LogP contribution < -0.4 is 9.64 Å². The maximum Gasteiger partial charge on any atom is 0.321 e. The largest absolute Gasteiger partial charge is 0.463 e. The summed E-state index contributed by atoms with van der Waals surface area (Å²) in [4.78, 5) is 16.9. The van der Waals surface area contributed by atoms with E-state index in [2.05, 4.69) is 30.7 Å². The summed E-state index contributed by atoms with van der Waals surface area (Å²) in [6, 6.07) is 0.530. The summed E-state index contributed by atoms with van der Waals surface area (Å²) in [5.41, 5.74) is 0. The summed E-state index contributed by atoms with van der Waals surface area (Å²) >= 11 is 0. The van der Waals surface area contributed by atoms with Crippen LogP contribution in [0.1, 0.15) is 335 Å². The smallest absolute Gasteiger partial charge is 0.321 e. The topological polar surface area (TPSA) is 51.1 Å². The van der Waals surface area contributed by atoms with E-state index < -0.39 is 0 Å². The van der Waals surface area contributed by atoms with Gasteiger partial charge in [-0.2, -0.15) is 15.0 Å². The van der Waals surface area contributed by atoms with Crippen molar-refractivity contribution in [3.05, 3.63) is 5.82 Å². The predicted octanol–water partition coefficient (Wildman–Crippen LogP) is 20.1. The molecule has 0 atom stereocenters. The van der Waals surface area contributed by atoms with E-state index >= 15 is 0 Å². The highest BCUT2D eigenvalue weighted by Crippen LogP contribution is 2.20. The number of hydrogen-bond acceptors (Lipinski definition) is 5. The second kappa shape index (κ2) is 50.0. The number of anilines is 1. The number of aryl methyl sites for hydroxylation is 1. The van der Waals surface area contributed by atoms with E-state index in [-0.39, 0.29) is 0 Å². The van der Waals surface area contributed by atoms with Crippen molar-refractivity contribution in [2.24, 2.45) is 0 Å². The number of nitrogens with zero attached hydrogens (tertiary/aromatic N) is 4. The number of aromatic nitrogens is 3. The fourth-order valence-corrected chi connectivity index (χ4v) is 9.48. The molecule has 0 spiro atoms. The molecule has 0 N–H and O–H groups in total. The molecule has 0 amide bonds. The molecule has 0 aliphatic heterocycles. The van der Waals surface area contributed by atoms with Gasteiger partial charge < -0.3 is 9.64 Å². The second-order valence-corrected chi connectivity index (χ2v) is 20.2. The molecule has 5 nitrogen and oxygen atoms in total. The van der Waals surface area contributed by atoms with Gasteiger partial charge in [-0.05, 0) is 26.2 Å². The highest BCUT2D eigenvalue weighted by Gasteiger charge is 2.13. The van der Waals surface area contributed by atoms with E-state index in [9.17, 15) is 0 Å². The Bertz CT molecular complexity index is 983. The van der Waals surface area contributed by atoms with Crippen LogP contribution in [0.15, 0.2) is 0 Å². The molecule has 1 heterocycles. The quantitative estimate of drug-likeness (QED) is 0.0610. The molecule has 1 aromatic heterocycles. The minimum Gasteiger partial charge on any atom is -0.463 e. The van der Waals surface area contributed by atoms with Crippen LogP contribution in [0.25, 0.3) is 0 Å². The van der Waals surface area contributed by atoms with Crippen LogP contribution in [-0.4, -0.2) is 34.6 Å². The minimum atomic E-state index is 0.530. The average Bonchev–Trinajstić information content (AvgIpc) is 3.28. The standard InChI is InChI=1S/C58H114N4O/c1-5-8-11-14-17-20-23-26-29-32-35-38-41-44-47-50-53-62(54-51-48-45-42-39-36-33-30-27-24-21-18-15-12-9-6-2)57-59-56(4)60-58(61-57)63-55-52-49-46-43-40-37-34-31-28-25-22-19-16-13-10-7-3/h5-55H2,1-4H3. The molecule has 1 rings (SSSR count). The van der Waals surface area contributed by atoms with Crippen molar-refractivity contribution >= 4 is 5.95 Å². The summed E-state index contributed by atoms with van der Waals surface area (Å²) in [5.74, 6) is 1.62. The van der Waals surface area contributed by atoms with Crippen LogP contribution in [-0.2, 0) is 0 Å². The summed E-state index contributed by atoms with van der Waals surface area (Å²) in [5, 5.41) is 0. The van der Waals surface area contributed by atoms with Crippen LogP contribution >= 0.6 is 0 Å². The zero-order valence-corrected chi connectivity index (χ0v) is 43.8. The first-order valence-corrected chi connectivity index (χ1v) is 29.3. The molecule has 0 bridgehead atoms. The second-order valence-electron chi connectivity index (χ2n) is 20.2. The number of hydrogen-bond donors (Lipinski definition) is 0. The lowest BCUT2D eigenvalue weighted by Crippen LogP contribution is -2.28. The van der Waals surface area contributed by atoms with Crippen LogP contribution in [0.3, 0.4) is 0 Å². The molecule has 1 aromatic rings. The maximum absolute atomic E-state index is 6.18. The molecule has 372 valence electrons. The van der Waals surface area contributed by atoms with Crippen molar-refractivity contribution in [2.45, 2.75) is 336 Å². The molecule has 63 heavy (non-hydrogen) atoms. The molecule has 0 aliphatic rings. The van der Waals surface area contributed by atoms with Gasteiger partial charge in [0.05, 0.1) is 6.61 Å². The van der Waals surface area contributed by atoms with Crippen molar-refractivity contribution in [3.8, 4) is 6.01 Å². The molecule has 0 saturated carbocycles. The lowest BCUT2D eigenvalue weighted by Gasteiger charge is -2.23. The van der Waals surface area contributed by atoms with Crippen molar-refractivity contribution in [2.75, 3.05) is 24.6 Å². The van der Waals surface area contributed by atoms with Gasteiger partial charge in [-0.3, -0.25) is 0 Å². The third kappa shape index (κ3) is 43.0. The monoisotopic (exact) mass is 883 g/mol. The molecule has 0 radical (unpaired) electrons. The number of ether oxygens (including phenoxy) is 1. The first-order valence-electron chi connectivity index (χ1n) is 29.3. The van der Waals surface area contributed by atoms with Gasteiger partial charge in [0.25, 0.3) is 0 Å². The zero-order valence-electron chi connectivity index (χ0n) is 43.8. The molecule has 0 saturated heterocycles. The molecule has 0 fully saturated rings. The Morgan fingerprint density at radius 3 is 0.794 bits per heavy atom. The van der Waals surface area contributed by atoms with E-state index in [1.54, 1.807) is 0 Å². The van der Waals surface area contributed by atoms with Gasteiger partial charge in [-0.1, -0.05) is 310 Å². The SMILES string of the molecule is CCCCCCCCCCCCCCCCCCOc1nc(C)nc(N(CCCCCCCCCCCCCCCCCC)CCCCCCCCCCCCCCCCCC)n1. The van der Waals surface area contributed by atoms with Crippen LogP contribution in [0.4, 0.5) is 5.95 Å². The van der Waals surface area contributed by atoms with Crippen LogP contribution in [0, 0.1) is 6.92 Å². The van der Waals surface area contributed by atoms with Gasteiger partial charge in [0.15, 0.2) is 0 Å². The Labute approximate surface area is 396 Å². The first-order chi connectivity index (χ1) is 31.2. The first kappa shape index (κ1) is 59.6. The van der Waals surface area contributed by atoms with Crippen molar-refractivity contribution < 1.29 is 4.74 Å². The summed E-state index contributed by atoms with van der Waals surface area (Å²) in [6.07, 6.45) is 67.1. The van der Waals surface area contributed by atoms with Gasteiger partial charge in [-0.15, -0.1) is 0 Å². The third-order valence-corrected chi connectivity index (χ3v) is 13.8. The van der Waals surface area contributed by atoms with Crippen LogP contribution in [0.5, 0.6) is 6.01 Å². The Morgan fingerprint density at radius 1 is 0.286 bits per heavy atom. The molecular formula is C58H114N4O. The fraction of sp³-hybridized carbons (Fsp3) is 0.948. The third-order valence-electron chi connectivity index (χ3n) is 13.8. The maximum atomic E-state index is 6.18. The van der Waals surface area contributed by atoms with Gasteiger partial charge in [-0.25, -0.2) is 0 Å². The molecule has 0 unspecified atom stereocenters. The van der Waals surface area contributed by atoms with Crippen LogP contribution in [0.2, 0.25) is 0 Å². The Balaban J connectivity index is 2.34. The molecular weight excluding hydrogens is 769 g/mol. The van der Waals surface area contributed by atoms with Gasteiger partial charge >= 0.3 is 6.01 Å². The van der Waals surface area contributed by atoms with E-state index in [0.717, 1.165) is 31.3 Å². The van der Waals surface area contributed by atoms with Crippen molar-refractivity contribution in [3.63, 3.8) is 0 Å². The summed E-state index contributed by atoms with van der Waals surface area (Å²) in [6.45, 7) is 11.7. The van der Waals surface area contributed by atoms with E-state index in [1.807, 2.05) is 6.92 Å². The normalized spacial score (nSPS) is 11.6. The number of rotatable bonds is 53. The van der Waals surface area contributed by atoms with E-state index in [1.165, 1.54) is 302 Å². The van der Waals surface area contributed by atoms with Crippen molar-refractivity contribution in [1.82, 2.24) is 15.0 Å². The Kier molecular flexibility index (Phi) is 47.4. The average molecular weight is 884 g/mol. The highest BCUT2D eigenvalue weighted by molar-refractivity contribution is 5.30. The highest BCUT2D eigenvalue weighted by atomic mass is 16.5. The van der Waals surface area contributed by atoms with Gasteiger partial charge in [0.1, 0.15) is 5.82 Å². The molecule has 0 aromatic carbocycles. The lowest BCUT2D eigenvalue weighted by molar-refractivity contribution is 0.279. The van der Waals surface area contributed by atoms with Gasteiger partial charge in [0.2, 0.25) is 5.95 Å². The fourth-order valence-electron chi connectivity index (χ4n) is 9.48. The van der Waals surface area contributed by atoms with E-state index in [0.29, 0.717) is 12.6 Å². The van der Waals surface area contributed by atoms with Gasteiger partial charge in [0, 0.05) is 13.1 Å². The Morgan fingerprint density at radius 2 is 0.524 bits per heavy atom. The predicted molar refractivity (Wildman–Crippen MR) is 281 cm³/mol. The molecule has 0 aliphatic carbocycles. The Hall–Kier alpha value is -1.39. The summed E-state index contributed by atoms with van der Waals surface area (Å²) < 4.78 is 6.18. The molecule has 5 heteroatoms. The minimum absolute atomic E-state index is 0.530. The number of unbranched alkanes of at least 4 members (excludes halogenated alkanes) is 45.